The second-order valence-corrected chi connectivity index (χ2v) is 5.84. The van der Waals surface area contributed by atoms with E-state index in [1.165, 1.54) is 0 Å². The molecule has 106 valence electrons. The molecule has 1 fully saturated rings. The monoisotopic (exact) mass is 319 g/mol. The molecule has 1 heterocycles. The second-order valence-electron chi connectivity index (χ2n) is 5.20. The maximum atomic E-state index is 12.6. The lowest BCUT2D eigenvalue weighted by Gasteiger charge is -2.39. The third kappa shape index (κ3) is 4.23. The van der Waals surface area contributed by atoms with Gasteiger partial charge in [0.05, 0.1) is 18.8 Å². The minimum absolute atomic E-state index is 0.147. The minimum atomic E-state index is 0.147. The van der Waals surface area contributed by atoms with Crippen molar-refractivity contribution in [3.63, 3.8) is 0 Å². The smallest absolute Gasteiger partial charge is 0.226 e. The summed E-state index contributed by atoms with van der Waals surface area (Å²) in [4.78, 5) is 14.6. The molecule has 3 nitrogen and oxygen atoms in total. The van der Waals surface area contributed by atoms with Crippen LogP contribution in [0.15, 0.2) is 0 Å². The molecule has 1 rings (SSSR count). The Kier molecular flexibility index (Phi) is 7.23. The Morgan fingerprint density at radius 1 is 1.50 bits per heavy atom. The Labute approximate surface area is 119 Å². The Balaban J connectivity index is 2.61. The van der Waals surface area contributed by atoms with E-state index in [0.717, 1.165) is 37.6 Å². The third-order valence-electron chi connectivity index (χ3n) is 3.71. The van der Waals surface area contributed by atoms with Crippen molar-refractivity contribution in [3.05, 3.63) is 0 Å². The number of unbranched alkanes of at least 4 members (excludes halogenated alkanes) is 1. The highest BCUT2D eigenvalue weighted by molar-refractivity contribution is 9.09. The van der Waals surface area contributed by atoms with E-state index < -0.39 is 0 Å². The summed E-state index contributed by atoms with van der Waals surface area (Å²) < 4.78 is 5.67. The van der Waals surface area contributed by atoms with Gasteiger partial charge in [-0.05, 0) is 19.8 Å². The Hall–Kier alpha value is -0.0900. The summed E-state index contributed by atoms with van der Waals surface area (Å²) in [5, 5.41) is 0.801. The number of rotatable bonds is 6. The van der Waals surface area contributed by atoms with Crippen molar-refractivity contribution in [2.45, 2.75) is 58.6 Å². The number of carbonyl (C=O) groups is 1. The van der Waals surface area contributed by atoms with Crippen LogP contribution in [0.25, 0.3) is 0 Å². The second kappa shape index (κ2) is 8.16. The number of halogens is 1. The van der Waals surface area contributed by atoms with Gasteiger partial charge in [0.15, 0.2) is 0 Å². The third-order valence-corrected chi connectivity index (χ3v) is 4.43. The largest absolute Gasteiger partial charge is 0.373 e. The molecular weight excluding hydrogens is 294 g/mol. The molecule has 0 N–H and O–H groups in total. The topological polar surface area (TPSA) is 29.5 Å². The summed E-state index contributed by atoms with van der Waals surface area (Å²) in [6.07, 6.45) is 4.42. The predicted molar refractivity (Wildman–Crippen MR) is 78.0 cm³/mol. The van der Waals surface area contributed by atoms with Crippen molar-refractivity contribution in [1.29, 1.82) is 0 Å². The van der Waals surface area contributed by atoms with E-state index in [-0.39, 0.29) is 18.1 Å². The van der Waals surface area contributed by atoms with Gasteiger partial charge in [0.1, 0.15) is 0 Å². The summed E-state index contributed by atoms with van der Waals surface area (Å²) in [7, 11) is 0. The standard InChI is InChI=1S/C14H26BrNO2/c1-4-6-7-12(5-2)14(17)16-9-13(8-15)18-10-11(16)3/h11-13H,4-10H2,1-3H3. The molecule has 1 saturated heterocycles. The van der Waals surface area contributed by atoms with Crippen LogP contribution < -0.4 is 0 Å². The summed E-state index contributed by atoms with van der Waals surface area (Å²) in [6, 6.07) is 0.212. The first-order valence-electron chi connectivity index (χ1n) is 7.12. The average Bonchev–Trinajstić information content (AvgIpc) is 2.40. The van der Waals surface area contributed by atoms with Crippen LogP contribution in [0.2, 0.25) is 0 Å². The van der Waals surface area contributed by atoms with Crippen molar-refractivity contribution >= 4 is 21.8 Å². The number of ether oxygens (including phenoxy) is 1. The number of hydrogen-bond donors (Lipinski definition) is 0. The van der Waals surface area contributed by atoms with E-state index >= 15 is 0 Å². The lowest BCUT2D eigenvalue weighted by molar-refractivity contribution is -0.147. The van der Waals surface area contributed by atoms with Gasteiger partial charge in [0, 0.05) is 17.8 Å². The number of alkyl halides is 1. The normalized spacial score (nSPS) is 26.1. The van der Waals surface area contributed by atoms with Gasteiger partial charge in [-0.3, -0.25) is 4.79 Å². The molecule has 1 aliphatic heterocycles. The molecule has 0 aliphatic carbocycles. The van der Waals surface area contributed by atoms with Gasteiger partial charge in [-0.15, -0.1) is 0 Å². The van der Waals surface area contributed by atoms with E-state index in [1.54, 1.807) is 0 Å². The maximum Gasteiger partial charge on any atom is 0.226 e. The number of hydrogen-bond acceptors (Lipinski definition) is 2. The van der Waals surface area contributed by atoms with Gasteiger partial charge in [-0.25, -0.2) is 0 Å². The SMILES string of the molecule is CCCCC(CC)C(=O)N1CC(CBr)OCC1C. The van der Waals surface area contributed by atoms with Gasteiger partial charge in [-0.1, -0.05) is 42.6 Å². The number of amides is 1. The molecule has 0 radical (unpaired) electrons. The fraction of sp³-hybridized carbons (Fsp3) is 0.929. The van der Waals surface area contributed by atoms with Gasteiger partial charge >= 0.3 is 0 Å². The van der Waals surface area contributed by atoms with Crippen LogP contribution in [-0.4, -0.2) is 41.4 Å². The molecule has 3 unspecified atom stereocenters. The fourth-order valence-corrected chi connectivity index (χ4v) is 2.80. The zero-order valence-electron chi connectivity index (χ0n) is 11.8. The summed E-state index contributed by atoms with van der Waals surface area (Å²) >= 11 is 3.44. The Morgan fingerprint density at radius 2 is 2.22 bits per heavy atom. The van der Waals surface area contributed by atoms with E-state index in [4.69, 9.17) is 4.74 Å². The first kappa shape index (κ1) is 16.0. The first-order valence-corrected chi connectivity index (χ1v) is 8.24. The van der Waals surface area contributed by atoms with Gasteiger partial charge in [0.2, 0.25) is 5.91 Å². The van der Waals surface area contributed by atoms with E-state index in [9.17, 15) is 4.79 Å². The highest BCUT2D eigenvalue weighted by Gasteiger charge is 2.32. The molecule has 1 aliphatic rings. The molecule has 4 heteroatoms. The molecule has 18 heavy (non-hydrogen) atoms. The molecule has 0 aromatic carbocycles. The van der Waals surface area contributed by atoms with Crippen LogP contribution in [0.4, 0.5) is 0 Å². The molecule has 0 spiro atoms. The molecular formula is C14H26BrNO2. The molecule has 1 amide bonds. The van der Waals surface area contributed by atoms with E-state index in [0.29, 0.717) is 12.5 Å². The lowest BCUT2D eigenvalue weighted by Crippen LogP contribution is -2.53. The zero-order chi connectivity index (χ0) is 13.5. The summed E-state index contributed by atoms with van der Waals surface area (Å²) in [5.41, 5.74) is 0. The molecule has 0 aromatic rings. The molecule has 0 saturated carbocycles. The summed E-state index contributed by atoms with van der Waals surface area (Å²) in [6.45, 7) is 7.76. The fourth-order valence-electron chi connectivity index (χ4n) is 2.41. The molecule has 0 bridgehead atoms. The van der Waals surface area contributed by atoms with Crippen LogP contribution in [0.1, 0.15) is 46.5 Å². The molecule has 3 atom stereocenters. The number of nitrogens with zero attached hydrogens (tertiary/aromatic N) is 1. The van der Waals surface area contributed by atoms with Gasteiger partial charge in [0.25, 0.3) is 0 Å². The van der Waals surface area contributed by atoms with Crippen LogP contribution in [0, 0.1) is 5.92 Å². The van der Waals surface area contributed by atoms with Crippen molar-refractivity contribution < 1.29 is 9.53 Å². The first-order chi connectivity index (χ1) is 8.63. The maximum absolute atomic E-state index is 12.6. The van der Waals surface area contributed by atoms with Crippen molar-refractivity contribution in [2.24, 2.45) is 5.92 Å². The molecule has 0 aromatic heterocycles. The Bertz CT molecular complexity index is 260. The zero-order valence-corrected chi connectivity index (χ0v) is 13.4. The van der Waals surface area contributed by atoms with Gasteiger partial charge < -0.3 is 9.64 Å². The van der Waals surface area contributed by atoms with Crippen LogP contribution in [-0.2, 0) is 9.53 Å². The lowest BCUT2D eigenvalue weighted by atomic mass is 9.96. The highest BCUT2D eigenvalue weighted by atomic mass is 79.9. The van der Waals surface area contributed by atoms with E-state index in [1.807, 2.05) is 4.90 Å². The van der Waals surface area contributed by atoms with Crippen molar-refractivity contribution in [1.82, 2.24) is 4.90 Å². The Morgan fingerprint density at radius 3 is 2.78 bits per heavy atom. The predicted octanol–water partition coefficient (Wildman–Crippen LogP) is 3.21. The summed E-state index contributed by atoms with van der Waals surface area (Å²) in [5.74, 6) is 0.522. The van der Waals surface area contributed by atoms with Crippen molar-refractivity contribution in [3.8, 4) is 0 Å². The minimum Gasteiger partial charge on any atom is -0.373 e. The van der Waals surface area contributed by atoms with E-state index in [2.05, 4.69) is 36.7 Å². The number of carbonyl (C=O) groups excluding carboxylic acids is 1. The average molecular weight is 320 g/mol. The number of morpholine rings is 1. The highest BCUT2D eigenvalue weighted by Crippen LogP contribution is 2.21. The van der Waals surface area contributed by atoms with Crippen molar-refractivity contribution in [2.75, 3.05) is 18.5 Å². The van der Waals surface area contributed by atoms with Gasteiger partial charge in [-0.2, -0.15) is 0 Å². The van der Waals surface area contributed by atoms with Crippen LogP contribution >= 0.6 is 15.9 Å². The van der Waals surface area contributed by atoms with Crippen LogP contribution in [0.5, 0.6) is 0 Å². The quantitative estimate of drug-likeness (QED) is 0.703. The van der Waals surface area contributed by atoms with Crippen LogP contribution in [0.3, 0.4) is 0 Å².